The van der Waals surface area contributed by atoms with Crippen LogP contribution in [0.1, 0.15) is 44.0 Å². The van der Waals surface area contributed by atoms with Crippen LogP contribution in [0.5, 0.6) is 0 Å². The Hall–Kier alpha value is -2.04. The SMILES string of the molecule is CC(C)(C)OC(=O)N(CC1CC1)c1ccc(C(=O)O)cc1. The third-order valence-electron chi connectivity index (χ3n) is 3.18. The fourth-order valence-corrected chi connectivity index (χ4v) is 1.94. The molecule has 5 heteroatoms. The summed E-state index contributed by atoms with van der Waals surface area (Å²) in [7, 11) is 0. The van der Waals surface area contributed by atoms with E-state index in [1.807, 2.05) is 20.8 Å². The van der Waals surface area contributed by atoms with Crippen LogP contribution in [0.25, 0.3) is 0 Å². The van der Waals surface area contributed by atoms with Gasteiger partial charge in [-0.05, 0) is 63.8 Å². The Labute approximate surface area is 124 Å². The van der Waals surface area contributed by atoms with Crippen molar-refractivity contribution in [1.29, 1.82) is 0 Å². The molecule has 0 aliphatic heterocycles. The maximum absolute atomic E-state index is 12.3. The molecule has 1 saturated carbocycles. The van der Waals surface area contributed by atoms with Crippen molar-refractivity contribution in [1.82, 2.24) is 0 Å². The van der Waals surface area contributed by atoms with Crippen molar-refractivity contribution in [2.45, 2.75) is 39.2 Å². The normalized spacial score (nSPS) is 14.6. The van der Waals surface area contributed by atoms with Crippen molar-refractivity contribution in [3.05, 3.63) is 29.8 Å². The van der Waals surface area contributed by atoms with Gasteiger partial charge in [0.1, 0.15) is 5.60 Å². The first-order valence-corrected chi connectivity index (χ1v) is 7.10. The Kier molecular flexibility index (Phi) is 4.21. The molecule has 0 aromatic heterocycles. The predicted octanol–water partition coefficient (Wildman–Crippen LogP) is 3.54. The van der Waals surface area contributed by atoms with Crippen LogP contribution < -0.4 is 4.90 Å². The van der Waals surface area contributed by atoms with Crippen LogP contribution in [0.15, 0.2) is 24.3 Å². The van der Waals surface area contributed by atoms with E-state index in [0.717, 1.165) is 12.8 Å². The molecule has 1 aromatic carbocycles. The van der Waals surface area contributed by atoms with Gasteiger partial charge in [-0.25, -0.2) is 9.59 Å². The van der Waals surface area contributed by atoms with E-state index in [9.17, 15) is 9.59 Å². The quantitative estimate of drug-likeness (QED) is 0.921. The number of rotatable bonds is 4. The van der Waals surface area contributed by atoms with E-state index in [1.54, 1.807) is 17.0 Å². The van der Waals surface area contributed by atoms with Crippen LogP contribution in [0.4, 0.5) is 10.5 Å². The second kappa shape index (κ2) is 5.76. The van der Waals surface area contributed by atoms with Crippen LogP contribution in [-0.2, 0) is 4.74 Å². The summed E-state index contributed by atoms with van der Waals surface area (Å²) in [6.07, 6.45) is 1.84. The van der Waals surface area contributed by atoms with Crippen molar-refractivity contribution >= 4 is 17.7 Å². The minimum atomic E-state index is -0.979. The van der Waals surface area contributed by atoms with Gasteiger partial charge in [0.2, 0.25) is 0 Å². The van der Waals surface area contributed by atoms with Gasteiger partial charge in [0, 0.05) is 12.2 Å². The van der Waals surface area contributed by atoms with E-state index >= 15 is 0 Å². The zero-order valence-corrected chi connectivity index (χ0v) is 12.6. The molecular weight excluding hydrogens is 270 g/mol. The third kappa shape index (κ3) is 4.48. The van der Waals surface area contributed by atoms with Crippen molar-refractivity contribution in [3.63, 3.8) is 0 Å². The highest BCUT2D eigenvalue weighted by Crippen LogP contribution is 2.32. The van der Waals surface area contributed by atoms with Gasteiger partial charge in [0.05, 0.1) is 5.56 Å². The molecule has 1 aromatic rings. The molecule has 1 N–H and O–H groups in total. The lowest BCUT2D eigenvalue weighted by atomic mass is 10.2. The number of amides is 1. The summed E-state index contributed by atoms with van der Waals surface area (Å²) in [5.41, 5.74) is 0.315. The van der Waals surface area contributed by atoms with Crippen LogP contribution in [0.3, 0.4) is 0 Å². The summed E-state index contributed by atoms with van der Waals surface area (Å²) < 4.78 is 5.43. The van der Waals surface area contributed by atoms with Gasteiger partial charge in [-0.2, -0.15) is 0 Å². The molecule has 0 spiro atoms. The Morgan fingerprint density at radius 1 is 1.24 bits per heavy atom. The number of carboxylic acid groups (broad SMARTS) is 1. The number of hydrogen-bond acceptors (Lipinski definition) is 3. The Balaban J connectivity index is 2.18. The fraction of sp³-hybridized carbons (Fsp3) is 0.500. The highest BCUT2D eigenvalue weighted by atomic mass is 16.6. The highest BCUT2D eigenvalue weighted by molar-refractivity contribution is 5.91. The van der Waals surface area contributed by atoms with E-state index in [2.05, 4.69) is 0 Å². The first-order chi connectivity index (χ1) is 9.76. The van der Waals surface area contributed by atoms with Crippen LogP contribution in [0.2, 0.25) is 0 Å². The summed E-state index contributed by atoms with van der Waals surface area (Å²) >= 11 is 0. The molecular formula is C16H21NO4. The van der Waals surface area contributed by atoms with E-state index in [4.69, 9.17) is 9.84 Å². The van der Waals surface area contributed by atoms with Gasteiger partial charge >= 0.3 is 12.1 Å². The summed E-state index contributed by atoms with van der Waals surface area (Å²) in [5, 5.41) is 8.93. The molecule has 114 valence electrons. The van der Waals surface area contributed by atoms with Crippen molar-refractivity contribution < 1.29 is 19.4 Å². The number of aromatic carboxylic acids is 1. The molecule has 0 bridgehead atoms. The molecule has 21 heavy (non-hydrogen) atoms. The van der Waals surface area contributed by atoms with Crippen molar-refractivity contribution in [2.24, 2.45) is 5.92 Å². The summed E-state index contributed by atoms with van der Waals surface area (Å²) in [4.78, 5) is 24.8. The fourth-order valence-electron chi connectivity index (χ4n) is 1.94. The van der Waals surface area contributed by atoms with Gasteiger partial charge in [0.15, 0.2) is 0 Å². The number of nitrogens with zero attached hydrogens (tertiary/aromatic N) is 1. The molecule has 1 amide bonds. The summed E-state index contributed by atoms with van der Waals surface area (Å²) in [6.45, 7) is 6.09. The van der Waals surface area contributed by atoms with Crippen molar-refractivity contribution in [3.8, 4) is 0 Å². The smallest absolute Gasteiger partial charge is 0.414 e. The minimum Gasteiger partial charge on any atom is -0.478 e. The van der Waals surface area contributed by atoms with Crippen molar-refractivity contribution in [2.75, 3.05) is 11.4 Å². The van der Waals surface area contributed by atoms with Crippen LogP contribution >= 0.6 is 0 Å². The minimum absolute atomic E-state index is 0.203. The number of anilines is 1. The largest absolute Gasteiger partial charge is 0.478 e. The molecule has 0 heterocycles. The first-order valence-electron chi connectivity index (χ1n) is 7.10. The monoisotopic (exact) mass is 291 g/mol. The number of ether oxygens (including phenoxy) is 1. The lowest BCUT2D eigenvalue weighted by Gasteiger charge is -2.27. The highest BCUT2D eigenvalue weighted by Gasteiger charge is 2.30. The standard InChI is InChI=1S/C16H21NO4/c1-16(2,3)21-15(20)17(10-11-4-5-11)13-8-6-12(7-9-13)14(18)19/h6-9,11H,4-5,10H2,1-3H3,(H,18,19). The maximum atomic E-state index is 12.3. The molecule has 2 rings (SSSR count). The van der Waals surface area contributed by atoms with Gasteiger partial charge in [-0.15, -0.1) is 0 Å². The molecule has 0 atom stereocenters. The van der Waals surface area contributed by atoms with Gasteiger partial charge in [-0.1, -0.05) is 0 Å². The predicted molar refractivity (Wildman–Crippen MR) is 79.7 cm³/mol. The second-order valence-corrected chi connectivity index (χ2v) is 6.39. The number of carboxylic acids is 1. The van der Waals surface area contributed by atoms with E-state index in [-0.39, 0.29) is 5.56 Å². The average molecular weight is 291 g/mol. The number of benzene rings is 1. The Morgan fingerprint density at radius 3 is 2.24 bits per heavy atom. The van der Waals surface area contributed by atoms with E-state index < -0.39 is 17.7 Å². The molecule has 0 radical (unpaired) electrons. The van der Waals surface area contributed by atoms with Crippen LogP contribution in [0, 0.1) is 5.92 Å². The van der Waals surface area contributed by atoms with Gasteiger partial charge in [0.25, 0.3) is 0 Å². The number of carbonyl (C=O) groups excluding carboxylic acids is 1. The first kappa shape index (κ1) is 15.4. The second-order valence-electron chi connectivity index (χ2n) is 6.39. The van der Waals surface area contributed by atoms with E-state index in [0.29, 0.717) is 18.2 Å². The summed E-state index contributed by atoms with van der Waals surface area (Å²) in [6, 6.07) is 6.30. The molecule has 0 saturated heterocycles. The Bertz CT molecular complexity index is 526. The number of hydrogen-bond donors (Lipinski definition) is 1. The zero-order valence-electron chi connectivity index (χ0n) is 12.6. The molecule has 1 aliphatic carbocycles. The third-order valence-corrected chi connectivity index (χ3v) is 3.18. The lowest BCUT2D eigenvalue weighted by Crippen LogP contribution is -2.38. The maximum Gasteiger partial charge on any atom is 0.414 e. The zero-order chi connectivity index (χ0) is 15.6. The van der Waals surface area contributed by atoms with Crippen LogP contribution in [-0.4, -0.2) is 29.3 Å². The lowest BCUT2D eigenvalue weighted by molar-refractivity contribution is 0.0578. The van der Waals surface area contributed by atoms with Gasteiger partial charge in [-0.3, -0.25) is 4.90 Å². The molecule has 5 nitrogen and oxygen atoms in total. The molecule has 1 fully saturated rings. The summed E-state index contributed by atoms with van der Waals surface area (Å²) in [5.74, 6) is -0.468. The molecule has 0 unspecified atom stereocenters. The molecule has 1 aliphatic rings. The Morgan fingerprint density at radius 2 is 1.81 bits per heavy atom. The number of carbonyl (C=O) groups is 2. The average Bonchev–Trinajstić information content (AvgIpc) is 3.18. The van der Waals surface area contributed by atoms with Gasteiger partial charge < -0.3 is 9.84 Å². The topological polar surface area (TPSA) is 66.8 Å². The van der Waals surface area contributed by atoms with E-state index in [1.165, 1.54) is 12.1 Å².